The zero-order chi connectivity index (χ0) is 18.1. The van der Waals surface area contributed by atoms with Gasteiger partial charge in [-0.2, -0.15) is 0 Å². The predicted octanol–water partition coefficient (Wildman–Crippen LogP) is 3.76. The molecule has 1 atom stereocenters. The topological polar surface area (TPSA) is 45.2 Å². The van der Waals surface area contributed by atoms with Crippen LogP contribution < -0.4 is 14.4 Å². The molecule has 2 heterocycles. The fourth-order valence-corrected chi connectivity index (χ4v) is 3.88. The van der Waals surface area contributed by atoms with Gasteiger partial charge in [0, 0.05) is 31.4 Å². The summed E-state index contributed by atoms with van der Waals surface area (Å²) in [5, 5.41) is 10.7. The first-order valence-corrected chi connectivity index (χ1v) is 9.27. The molecule has 4 rings (SSSR count). The molecule has 2 aliphatic rings. The molecule has 5 heteroatoms. The Bertz CT molecular complexity index is 768. The first-order valence-electron chi connectivity index (χ1n) is 9.27. The van der Waals surface area contributed by atoms with Crippen LogP contribution >= 0.6 is 0 Å². The molecule has 1 unspecified atom stereocenters. The van der Waals surface area contributed by atoms with Crippen molar-refractivity contribution in [2.45, 2.75) is 25.3 Å². The Kier molecular flexibility index (Phi) is 4.64. The Morgan fingerprint density at radius 1 is 0.962 bits per heavy atom. The van der Waals surface area contributed by atoms with Crippen molar-refractivity contribution in [3.63, 3.8) is 0 Å². The number of phenolic OH excluding ortho intramolecular Hbond substituents is 1. The number of rotatable bonds is 4. The van der Waals surface area contributed by atoms with Crippen LogP contribution in [0.3, 0.4) is 0 Å². The zero-order valence-electron chi connectivity index (χ0n) is 15.4. The van der Waals surface area contributed by atoms with Crippen molar-refractivity contribution >= 4 is 5.69 Å². The molecule has 0 amide bonds. The Labute approximate surface area is 154 Å². The molecule has 2 aromatic carbocycles. The minimum atomic E-state index is 0.0148. The van der Waals surface area contributed by atoms with E-state index < -0.39 is 0 Å². The highest BCUT2D eigenvalue weighted by atomic mass is 16.7. The third kappa shape index (κ3) is 3.19. The zero-order valence-corrected chi connectivity index (χ0v) is 15.4. The van der Waals surface area contributed by atoms with Crippen molar-refractivity contribution in [3.05, 3.63) is 47.5 Å². The average molecular weight is 354 g/mol. The van der Waals surface area contributed by atoms with Crippen LogP contribution in [0.25, 0.3) is 0 Å². The van der Waals surface area contributed by atoms with Gasteiger partial charge in [-0.05, 0) is 49.7 Å². The third-order valence-corrected chi connectivity index (χ3v) is 5.30. The van der Waals surface area contributed by atoms with Gasteiger partial charge in [-0.15, -0.1) is 0 Å². The Morgan fingerprint density at radius 2 is 1.62 bits per heavy atom. The van der Waals surface area contributed by atoms with Gasteiger partial charge in [-0.1, -0.05) is 18.6 Å². The van der Waals surface area contributed by atoms with Crippen molar-refractivity contribution < 1.29 is 14.6 Å². The van der Waals surface area contributed by atoms with Crippen LogP contribution in [0, 0.1) is 0 Å². The molecule has 26 heavy (non-hydrogen) atoms. The summed E-state index contributed by atoms with van der Waals surface area (Å²) >= 11 is 0. The molecule has 0 bridgehead atoms. The van der Waals surface area contributed by atoms with E-state index in [4.69, 9.17) is 9.47 Å². The maximum absolute atomic E-state index is 10.7. The number of benzene rings is 2. The van der Waals surface area contributed by atoms with Gasteiger partial charge < -0.3 is 19.5 Å². The summed E-state index contributed by atoms with van der Waals surface area (Å²) in [6.07, 6.45) is 3.66. The van der Waals surface area contributed by atoms with Gasteiger partial charge in [-0.3, -0.25) is 4.90 Å². The van der Waals surface area contributed by atoms with Crippen LogP contribution in [-0.4, -0.2) is 44.0 Å². The molecule has 0 spiro atoms. The van der Waals surface area contributed by atoms with Crippen molar-refractivity contribution in [3.8, 4) is 17.2 Å². The minimum absolute atomic E-state index is 0.0148. The number of piperidine rings is 1. The molecule has 0 radical (unpaired) electrons. The number of nitrogens with zero attached hydrogens (tertiary/aromatic N) is 2. The van der Waals surface area contributed by atoms with Gasteiger partial charge >= 0.3 is 0 Å². The smallest absolute Gasteiger partial charge is 0.231 e. The molecular weight excluding hydrogens is 328 g/mol. The second-order valence-corrected chi connectivity index (χ2v) is 7.25. The lowest BCUT2D eigenvalue weighted by Crippen LogP contribution is -2.34. The summed E-state index contributed by atoms with van der Waals surface area (Å²) in [6.45, 7) is 2.28. The monoisotopic (exact) mass is 354 g/mol. The maximum Gasteiger partial charge on any atom is 0.231 e. The fraction of sp³-hybridized carbons (Fsp3) is 0.429. The van der Waals surface area contributed by atoms with Crippen molar-refractivity contribution in [2.75, 3.05) is 38.9 Å². The number of anilines is 1. The molecule has 138 valence electrons. The SMILES string of the molecule is CN(C)c1ccc(C(c2cc3c(cc2O)OCO3)N2CCCCC2)cc1. The summed E-state index contributed by atoms with van der Waals surface area (Å²) in [5.74, 6) is 1.60. The van der Waals surface area contributed by atoms with Crippen LogP contribution in [0.15, 0.2) is 36.4 Å². The van der Waals surface area contributed by atoms with Gasteiger partial charge in [0.05, 0.1) is 6.04 Å². The maximum atomic E-state index is 10.7. The molecule has 0 saturated carbocycles. The number of hydrogen-bond donors (Lipinski definition) is 1. The number of phenols is 1. The highest BCUT2D eigenvalue weighted by molar-refractivity contribution is 5.55. The standard InChI is InChI=1S/C21H26N2O3/c1-22(2)16-8-6-15(7-9-16)21(23-10-4-3-5-11-23)17-12-19-20(13-18(17)24)26-14-25-19/h6-9,12-13,21,24H,3-5,10-11,14H2,1-2H3. The van der Waals surface area contributed by atoms with Crippen molar-refractivity contribution in [2.24, 2.45) is 0 Å². The van der Waals surface area contributed by atoms with Gasteiger partial charge in [-0.25, -0.2) is 0 Å². The normalized spacial score (nSPS) is 17.9. The molecule has 2 aliphatic heterocycles. The minimum Gasteiger partial charge on any atom is -0.507 e. The van der Waals surface area contributed by atoms with Crippen molar-refractivity contribution in [1.29, 1.82) is 0 Å². The first-order chi connectivity index (χ1) is 12.6. The van der Waals surface area contributed by atoms with Crippen LogP contribution in [0.2, 0.25) is 0 Å². The van der Waals surface area contributed by atoms with E-state index >= 15 is 0 Å². The Morgan fingerprint density at radius 3 is 2.27 bits per heavy atom. The first kappa shape index (κ1) is 17.0. The lowest BCUT2D eigenvalue weighted by Gasteiger charge is -2.35. The summed E-state index contributed by atoms with van der Waals surface area (Å²) < 4.78 is 11.0. The van der Waals surface area contributed by atoms with Crippen molar-refractivity contribution in [1.82, 2.24) is 4.90 Å². The van der Waals surface area contributed by atoms with E-state index in [9.17, 15) is 5.11 Å². The summed E-state index contributed by atoms with van der Waals surface area (Å²) in [6, 6.07) is 12.2. The molecule has 0 aliphatic carbocycles. The Hall–Kier alpha value is -2.40. The largest absolute Gasteiger partial charge is 0.507 e. The number of aromatic hydroxyl groups is 1. The lowest BCUT2D eigenvalue weighted by atomic mass is 9.93. The molecule has 1 saturated heterocycles. The fourth-order valence-electron chi connectivity index (χ4n) is 3.88. The number of hydrogen-bond acceptors (Lipinski definition) is 5. The second-order valence-electron chi connectivity index (χ2n) is 7.25. The molecule has 1 N–H and O–H groups in total. The van der Waals surface area contributed by atoms with Gasteiger partial charge in [0.15, 0.2) is 11.5 Å². The second kappa shape index (κ2) is 7.08. The highest BCUT2D eigenvalue weighted by Crippen LogP contribution is 2.43. The number of fused-ring (bicyclic) bond motifs is 1. The van der Waals surface area contributed by atoms with E-state index in [0.717, 1.165) is 18.7 Å². The van der Waals surface area contributed by atoms with Crippen LogP contribution in [-0.2, 0) is 0 Å². The molecule has 0 aromatic heterocycles. The van der Waals surface area contributed by atoms with E-state index in [1.807, 2.05) is 20.2 Å². The van der Waals surface area contributed by atoms with E-state index in [2.05, 4.69) is 34.1 Å². The number of likely N-dealkylation sites (tertiary alicyclic amines) is 1. The molecule has 5 nitrogen and oxygen atoms in total. The van der Waals surface area contributed by atoms with E-state index in [1.165, 1.54) is 30.5 Å². The van der Waals surface area contributed by atoms with E-state index in [0.29, 0.717) is 11.5 Å². The van der Waals surface area contributed by atoms with E-state index in [1.54, 1.807) is 6.07 Å². The molecular formula is C21H26N2O3. The van der Waals surface area contributed by atoms with Gasteiger partial charge in [0.1, 0.15) is 5.75 Å². The summed E-state index contributed by atoms with van der Waals surface area (Å²) in [5.41, 5.74) is 3.24. The Balaban J connectivity index is 1.76. The highest BCUT2D eigenvalue weighted by Gasteiger charge is 2.29. The molecule has 2 aromatic rings. The number of ether oxygens (including phenoxy) is 2. The van der Waals surface area contributed by atoms with E-state index in [-0.39, 0.29) is 18.6 Å². The average Bonchev–Trinajstić information content (AvgIpc) is 3.10. The van der Waals surface area contributed by atoms with Crippen LogP contribution in [0.5, 0.6) is 17.2 Å². The lowest BCUT2D eigenvalue weighted by molar-refractivity contribution is 0.173. The molecule has 1 fully saturated rings. The quantitative estimate of drug-likeness (QED) is 0.906. The predicted molar refractivity (Wildman–Crippen MR) is 102 cm³/mol. The van der Waals surface area contributed by atoms with Crippen LogP contribution in [0.4, 0.5) is 5.69 Å². The van der Waals surface area contributed by atoms with Crippen LogP contribution in [0.1, 0.15) is 36.4 Å². The third-order valence-electron chi connectivity index (χ3n) is 5.30. The summed E-state index contributed by atoms with van der Waals surface area (Å²) in [4.78, 5) is 4.56. The summed E-state index contributed by atoms with van der Waals surface area (Å²) in [7, 11) is 4.08. The van der Waals surface area contributed by atoms with Gasteiger partial charge in [0.2, 0.25) is 6.79 Å². The van der Waals surface area contributed by atoms with Gasteiger partial charge in [0.25, 0.3) is 0 Å².